The minimum atomic E-state index is -2.70. The monoisotopic (exact) mass is 556 g/mol. The van der Waals surface area contributed by atoms with Crippen molar-refractivity contribution in [1.82, 2.24) is 0 Å². The molecule has 18 heavy (non-hydrogen) atoms. The van der Waals surface area contributed by atoms with Gasteiger partial charge < -0.3 is 0 Å². The number of hydrogen-bond acceptors (Lipinski definition) is 0. The van der Waals surface area contributed by atoms with Crippen molar-refractivity contribution >= 4 is 40.9 Å². The molecule has 0 nitrogen and oxygen atoms in total. The van der Waals surface area contributed by atoms with E-state index in [0.29, 0.717) is 0 Å². The molecule has 0 fully saturated rings. The predicted octanol–water partition coefficient (Wildman–Crippen LogP) is 4.52. The summed E-state index contributed by atoms with van der Waals surface area (Å²) in [7, 11) is 0. The fourth-order valence-electron chi connectivity index (χ4n) is 2.44. The summed E-state index contributed by atoms with van der Waals surface area (Å²) in [4.78, 5) is 0. The molecule has 0 saturated carbocycles. The minimum absolute atomic E-state index is 0. The number of allylic oxidation sites excluding steroid dienone is 4. The number of hydrogen-bond donors (Lipinski definition) is 0. The predicted molar refractivity (Wildman–Crippen MR) is 92.9 cm³/mol. The maximum atomic E-state index is 2.58. The van der Waals surface area contributed by atoms with E-state index < -0.39 is 17.1 Å². The van der Waals surface area contributed by atoms with Crippen LogP contribution < -0.4 is 0 Å². The Labute approximate surface area is 134 Å². The Kier molecular flexibility index (Phi) is 7.25. The van der Waals surface area contributed by atoms with Crippen LogP contribution >= 0.6 is 34.0 Å². The van der Waals surface area contributed by atoms with E-state index in [2.05, 4.69) is 64.9 Å². The first-order chi connectivity index (χ1) is 7.46. The van der Waals surface area contributed by atoms with Gasteiger partial charge in [0, 0.05) is 0 Å². The average Bonchev–Trinajstić information content (AvgIpc) is 2.71. The van der Waals surface area contributed by atoms with Gasteiger partial charge in [0.25, 0.3) is 0 Å². The summed E-state index contributed by atoms with van der Waals surface area (Å²) in [6, 6.07) is 11.0. The van der Waals surface area contributed by atoms with Crippen LogP contribution in [0.2, 0.25) is 9.36 Å². The van der Waals surface area contributed by atoms with Crippen molar-refractivity contribution in [3.63, 3.8) is 0 Å². The van der Waals surface area contributed by atoms with E-state index in [1.165, 1.54) is 16.2 Å². The van der Waals surface area contributed by atoms with Gasteiger partial charge in [-0.1, -0.05) is 0 Å². The molecule has 2 rings (SSSR count). The Morgan fingerprint density at radius 1 is 1.11 bits per heavy atom. The van der Waals surface area contributed by atoms with Gasteiger partial charge in [0.1, 0.15) is 0 Å². The second-order valence-corrected chi connectivity index (χ2v) is 49.8. The van der Waals surface area contributed by atoms with Gasteiger partial charge in [-0.2, -0.15) is 0 Å². The third-order valence-corrected chi connectivity index (χ3v) is 24.0. The summed E-state index contributed by atoms with van der Waals surface area (Å²) in [5, 5.41) is 0. The molecule has 0 N–H and O–H groups in total. The van der Waals surface area contributed by atoms with Crippen LogP contribution in [0.4, 0.5) is 0 Å². The summed E-state index contributed by atoms with van der Waals surface area (Å²) in [6.07, 6.45) is 8.12. The Balaban J connectivity index is 0.00000144. The fourth-order valence-corrected chi connectivity index (χ4v) is 18.6. The van der Waals surface area contributed by atoms with Crippen LogP contribution in [-0.2, 0) is 21.3 Å². The molecule has 0 bridgehead atoms. The van der Waals surface area contributed by atoms with Gasteiger partial charge in [0.05, 0.1) is 0 Å². The molecular formula is C14H22Br2HfSi. The second kappa shape index (κ2) is 6.96. The molecule has 4 heteroatoms. The summed E-state index contributed by atoms with van der Waals surface area (Å²) >= 11 is -2.70. The van der Waals surface area contributed by atoms with Gasteiger partial charge in [-0.05, 0) is 0 Å². The van der Waals surface area contributed by atoms with Gasteiger partial charge in [-0.3, -0.25) is 0 Å². The fraction of sp³-hybridized carbons (Fsp3) is 0.286. The van der Waals surface area contributed by atoms with E-state index in [4.69, 9.17) is 0 Å². The molecule has 1 aliphatic rings. The van der Waals surface area contributed by atoms with Gasteiger partial charge >= 0.3 is 101 Å². The molecular weight excluding hydrogens is 535 g/mol. The van der Waals surface area contributed by atoms with Crippen molar-refractivity contribution in [2.75, 3.05) is 0 Å². The SMILES string of the molecule is Br.Br.[CH3][Hf]([CH3])(=[SiH2])([CH2]c1ccccc1)[C]1=CC=CC1. The van der Waals surface area contributed by atoms with E-state index in [0.717, 1.165) is 0 Å². The van der Waals surface area contributed by atoms with Crippen molar-refractivity contribution in [3.05, 3.63) is 57.5 Å². The molecule has 1 aliphatic carbocycles. The van der Waals surface area contributed by atoms with Crippen molar-refractivity contribution < 1.29 is 17.1 Å². The first-order valence-electron chi connectivity index (χ1n) is 5.94. The second-order valence-electron chi connectivity index (χ2n) is 6.00. The molecule has 0 amide bonds. The summed E-state index contributed by atoms with van der Waals surface area (Å²) in [6.45, 7) is 2.34. The number of benzene rings is 1. The van der Waals surface area contributed by atoms with Crippen molar-refractivity contribution in [2.45, 2.75) is 20.0 Å². The van der Waals surface area contributed by atoms with E-state index in [-0.39, 0.29) is 34.0 Å². The quantitative estimate of drug-likeness (QED) is 0.481. The van der Waals surface area contributed by atoms with Crippen LogP contribution in [-0.4, -0.2) is 6.94 Å². The Morgan fingerprint density at radius 2 is 1.72 bits per heavy atom. The zero-order valence-electron chi connectivity index (χ0n) is 11.1. The molecule has 0 aromatic heterocycles. The van der Waals surface area contributed by atoms with Gasteiger partial charge in [-0.25, -0.2) is 0 Å². The van der Waals surface area contributed by atoms with E-state index in [9.17, 15) is 0 Å². The topological polar surface area (TPSA) is 0 Å². The van der Waals surface area contributed by atoms with Gasteiger partial charge in [0.2, 0.25) is 0 Å². The summed E-state index contributed by atoms with van der Waals surface area (Å²) in [5.41, 5.74) is 1.52. The van der Waals surface area contributed by atoms with Crippen LogP contribution in [0.3, 0.4) is 0 Å². The third-order valence-electron chi connectivity index (χ3n) is 3.48. The van der Waals surface area contributed by atoms with Crippen molar-refractivity contribution in [2.24, 2.45) is 0 Å². The van der Waals surface area contributed by atoms with Crippen molar-refractivity contribution in [1.29, 1.82) is 0 Å². The standard InChI is InChI=1S/C7H7.C5H5.2CH3.2BrH.Hf.H2Si/c1-7-5-3-2-4-6-7;1-2-4-5-3-1;;;;;;/h2-6H,1H2;1-3H,4H2;2*1H3;2*1H;;1H2. The normalized spacial score (nSPS) is 14.5. The van der Waals surface area contributed by atoms with Crippen LogP contribution in [0.25, 0.3) is 0 Å². The van der Waals surface area contributed by atoms with Crippen LogP contribution in [0.5, 0.6) is 0 Å². The Bertz CT molecular complexity index is 512. The van der Waals surface area contributed by atoms with E-state index in [1.807, 2.05) is 0 Å². The van der Waals surface area contributed by atoms with Gasteiger partial charge in [-0.15, -0.1) is 34.0 Å². The number of halogens is 2. The van der Waals surface area contributed by atoms with Crippen LogP contribution in [0, 0.1) is 0 Å². The third kappa shape index (κ3) is 4.69. The molecule has 100 valence electrons. The average molecular weight is 557 g/mol. The van der Waals surface area contributed by atoms with E-state index in [1.54, 1.807) is 3.33 Å². The first-order valence-corrected chi connectivity index (χ1v) is 25.8. The molecule has 0 spiro atoms. The maximum absolute atomic E-state index is 2.70. The zero-order valence-corrected chi connectivity index (χ0v) is 19.5. The molecule has 0 atom stereocenters. The van der Waals surface area contributed by atoms with Crippen LogP contribution in [0.15, 0.2) is 51.9 Å². The molecule has 0 radical (unpaired) electrons. The Hall–Kier alpha value is 0.747. The summed E-state index contributed by atoms with van der Waals surface area (Å²) in [5.74, 6) is 0. The molecule has 1 aromatic carbocycles. The molecule has 0 heterocycles. The Morgan fingerprint density at radius 3 is 2.22 bits per heavy atom. The van der Waals surface area contributed by atoms with Crippen molar-refractivity contribution in [3.8, 4) is 0 Å². The first kappa shape index (κ1) is 18.7. The van der Waals surface area contributed by atoms with Gasteiger partial charge in [0.15, 0.2) is 0 Å². The van der Waals surface area contributed by atoms with Crippen LogP contribution in [0.1, 0.15) is 12.0 Å². The molecule has 0 aliphatic heterocycles. The van der Waals surface area contributed by atoms with E-state index >= 15 is 0 Å². The number of rotatable bonds is 3. The zero-order chi connectivity index (χ0) is 11.7. The molecule has 0 saturated heterocycles. The summed E-state index contributed by atoms with van der Waals surface area (Å²) < 4.78 is 8.26. The molecule has 1 aromatic rings. The molecule has 0 unspecified atom stereocenters.